The van der Waals surface area contributed by atoms with Crippen molar-refractivity contribution >= 4 is 28.9 Å². The summed E-state index contributed by atoms with van der Waals surface area (Å²) < 4.78 is 11.2. The van der Waals surface area contributed by atoms with Crippen LogP contribution < -0.4 is 14.9 Å². The molecule has 0 fully saturated rings. The topological polar surface area (TPSA) is 77.0 Å². The maximum atomic E-state index is 12.8. The number of unbranched alkanes of at least 4 members (excludes halogenated alkanes) is 8. The van der Waals surface area contributed by atoms with Crippen molar-refractivity contribution in [2.45, 2.75) is 78.1 Å². The molecule has 0 aliphatic heterocycles. The molecule has 202 valence electrons. The van der Waals surface area contributed by atoms with Crippen LogP contribution >= 0.6 is 0 Å². The van der Waals surface area contributed by atoms with E-state index in [-0.39, 0.29) is 5.91 Å². The van der Waals surface area contributed by atoms with E-state index in [0.717, 1.165) is 23.6 Å². The van der Waals surface area contributed by atoms with Crippen molar-refractivity contribution in [3.63, 3.8) is 0 Å². The molecule has 0 bridgehead atoms. The van der Waals surface area contributed by atoms with Crippen molar-refractivity contribution in [2.75, 3.05) is 6.61 Å². The van der Waals surface area contributed by atoms with E-state index in [2.05, 4.69) is 17.5 Å². The summed E-state index contributed by atoms with van der Waals surface area (Å²) in [7, 11) is 0. The van der Waals surface area contributed by atoms with Gasteiger partial charge in [-0.15, -0.1) is 0 Å². The summed E-state index contributed by atoms with van der Waals surface area (Å²) in [5.41, 5.74) is 3.67. The predicted molar refractivity (Wildman–Crippen MR) is 154 cm³/mol. The second-order valence-corrected chi connectivity index (χ2v) is 9.42. The number of benzene rings is 3. The first-order valence-corrected chi connectivity index (χ1v) is 13.9. The number of carbonyl (C=O) groups is 2. The summed E-state index contributed by atoms with van der Waals surface area (Å²) in [4.78, 5) is 25.1. The van der Waals surface area contributed by atoms with Crippen molar-refractivity contribution in [1.29, 1.82) is 0 Å². The maximum Gasteiger partial charge on any atom is 0.343 e. The Kier molecular flexibility index (Phi) is 12.3. The quantitative estimate of drug-likeness (QED) is 0.0692. The third-order valence-electron chi connectivity index (χ3n) is 6.42. The number of nitrogens with one attached hydrogen (secondary N) is 1. The lowest BCUT2D eigenvalue weighted by atomic mass is 10.0. The molecule has 0 radical (unpaired) electrons. The normalized spacial score (nSPS) is 11.1. The molecule has 0 saturated heterocycles. The molecule has 3 rings (SSSR count). The predicted octanol–water partition coefficient (Wildman–Crippen LogP) is 7.83. The van der Waals surface area contributed by atoms with Crippen LogP contribution in [0.15, 0.2) is 65.8 Å². The van der Waals surface area contributed by atoms with E-state index in [1.54, 1.807) is 36.5 Å². The summed E-state index contributed by atoms with van der Waals surface area (Å²) >= 11 is 0. The van der Waals surface area contributed by atoms with Crippen molar-refractivity contribution in [3.05, 3.63) is 71.8 Å². The molecule has 0 unspecified atom stereocenters. The van der Waals surface area contributed by atoms with E-state index in [1.165, 1.54) is 44.9 Å². The fourth-order valence-corrected chi connectivity index (χ4v) is 4.33. The number of nitrogens with zero attached hydrogens (tertiary/aromatic N) is 1. The Morgan fingerprint density at radius 2 is 1.50 bits per heavy atom. The number of fused-ring (bicyclic) bond motifs is 1. The molecule has 0 aromatic heterocycles. The number of hydrazone groups is 1. The Morgan fingerprint density at radius 3 is 2.21 bits per heavy atom. The zero-order chi connectivity index (χ0) is 27.0. The first kappa shape index (κ1) is 28.9. The Hall–Kier alpha value is -3.67. The second-order valence-electron chi connectivity index (χ2n) is 9.42. The lowest BCUT2D eigenvalue weighted by Crippen LogP contribution is -2.17. The van der Waals surface area contributed by atoms with Crippen LogP contribution in [0.3, 0.4) is 0 Å². The average Bonchev–Trinajstić information content (AvgIpc) is 2.93. The van der Waals surface area contributed by atoms with Crippen molar-refractivity contribution in [1.82, 2.24) is 5.43 Å². The van der Waals surface area contributed by atoms with Gasteiger partial charge in [0.2, 0.25) is 5.91 Å². The highest BCUT2D eigenvalue weighted by Crippen LogP contribution is 2.27. The smallest absolute Gasteiger partial charge is 0.343 e. The fourth-order valence-electron chi connectivity index (χ4n) is 4.33. The largest absolute Gasteiger partial charge is 0.494 e. The Labute approximate surface area is 226 Å². The van der Waals surface area contributed by atoms with Crippen LogP contribution in [0.5, 0.6) is 11.5 Å². The standard InChI is InChI=1S/C32H40N2O4/c1-3-5-6-7-8-9-10-11-12-17-31(35)34-33-24-29-28-16-14-13-15-25(28)20-23-30(29)38-32(36)26-18-21-27(22-19-26)37-4-2/h13-16,18-24H,3-12,17H2,1-2H3,(H,34,35)/b33-24+. The molecule has 0 aliphatic rings. The minimum Gasteiger partial charge on any atom is -0.494 e. The monoisotopic (exact) mass is 516 g/mol. The zero-order valence-electron chi connectivity index (χ0n) is 22.7. The van der Waals surface area contributed by atoms with Crippen LogP contribution in [0.25, 0.3) is 10.8 Å². The third-order valence-corrected chi connectivity index (χ3v) is 6.42. The van der Waals surface area contributed by atoms with Crippen molar-refractivity contribution in [3.8, 4) is 11.5 Å². The van der Waals surface area contributed by atoms with Gasteiger partial charge in [0.1, 0.15) is 11.5 Å². The van der Waals surface area contributed by atoms with Gasteiger partial charge in [-0.3, -0.25) is 4.79 Å². The second kappa shape index (κ2) is 16.2. The zero-order valence-corrected chi connectivity index (χ0v) is 22.7. The van der Waals surface area contributed by atoms with Gasteiger partial charge in [0, 0.05) is 12.0 Å². The van der Waals surface area contributed by atoms with Crippen LogP contribution in [0, 0.1) is 0 Å². The molecule has 0 saturated carbocycles. The Balaban J connectivity index is 1.57. The van der Waals surface area contributed by atoms with E-state index in [4.69, 9.17) is 9.47 Å². The van der Waals surface area contributed by atoms with Gasteiger partial charge in [0.25, 0.3) is 0 Å². The maximum absolute atomic E-state index is 12.8. The van der Waals surface area contributed by atoms with Gasteiger partial charge in [0.05, 0.1) is 18.4 Å². The van der Waals surface area contributed by atoms with Crippen LogP contribution in [0.2, 0.25) is 0 Å². The molecule has 1 N–H and O–H groups in total. The summed E-state index contributed by atoms with van der Waals surface area (Å²) in [6, 6.07) is 18.3. The van der Waals surface area contributed by atoms with Crippen LogP contribution in [0.4, 0.5) is 0 Å². The minimum atomic E-state index is -0.479. The van der Waals surface area contributed by atoms with Crippen LogP contribution in [-0.2, 0) is 4.79 Å². The average molecular weight is 517 g/mol. The summed E-state index contributed by atoms with van der Waals surface area (Å²) in [6.07, 6.45) is 12.8. The number of hydrogen-bond donors (Lipinski definition) is 1. The van der Waals surface area contributed by atoms with Crippen LogP contribution in [0.1, 0.15) is 94.0 Å². The molecule has 3 aromatic carbocycles. The molecule has 0 spiro atoms. The molecule has 6 nitrogen and oxygen atoms in total. The highest BCUT2D eigenvalue weighted by Gasteiger charge is 2.14. The van der Waals surface area contributed by atoms with Gasteiger partial charge in [0.15, 0.2) is 0 Å². The van der Waals surface area contributed by atoms with E-state index in [9.17, 15) is 9.59 Å². The first-order valence-electron chi connectivity index (χ1n) is 13.9. The number of hydrogen-bond acceptors (Lipinski definition) is 5. The Morgan fingerprint density at radius 1 is 0.816 bits per heavy atom. The third kappa shape index (κ3) is 9.33. The first-order chi connectivity index (χ1) is 18.6. The minimum absolute atomic E-state index is 0.114. The van der Waals surface area contributed by atoms with Crippen molar-refractivity contribution < 1.29 is 19.1 Å². The van der Waals surface area contributed by atoms with Crippen molar-refractivity contribution in [2.24, 2.45) is 5.10 Å². The number of carbonyl (C=O) groups excluding carboxylic acids is 2. The molecule has 1 amide bonds. The van der Waals surface area contributed by atoms with Gasteiger partial charge < -0.3 is 9.47 Å². The lowest BCUT2D eigenvalue weighted by Gasteiger charge is -2.11. The highest BCUT2D eigenvalue weighted by molar-refractivity contribution is 6.04. The van der Waals surface area contributed by atoms with Crippen LogP contribution in [-0.4, -0.2) is 24.7 Å². The molecule has 0 aliphatic carbocycles. The molecular weight excluding hydrogens is 476 g/mol. The molecule has 6 heteroatoms. The number of amides is 1. The molecular formula is C32H40N2O4. The number of rotatable bonds is 16. The van der Waals surface area contributed by atoms with E-state index in [1.807, 2.05) is 37.3 Å². The number of esters is 1. The van der Waals surface area contributed by atoms with Gasteiger partial charge in [-0.2, -0.15) is 5.10 Å². The lowest BCUT2D eigenvalue weighted by molar-refractivity contribution is -0.121. The van der Waals surface area contributed by atoms with Gasteiger partial charge in [-0.1, -0.05) is 88.6 Å². The summed E-state index contributed by atoms with van der Waals surface area (Å²) in [5.74, 6) is 0.477. The molecule has 3 aromatic rings. The summed E-state index contributed by atoms with van der Waals surface area (Å²) in [5, 5.41) is 6.05. The molecule has 38 heavy (non-hydrogen) atoms. The molecule has 0 heterocycles. The van der Waals surface area contributed by atoms with Gasteiger partial charge in [-0.05, 0) is 54.4 Å². The van der Waals surface area contributed by atoms with Gasteiger partial charge in [-0.25, -0.2) is 10.2 Å². The summed E-state index contributed by atoms with van der Waals surface area (Å²) in [6.45, 7) is 4.69. The fraction of sp³-hybridized carbons (Fsp3) is 0.406. The SMILES string of the molecule is CCCCCCCCCCCC(=O)N/N=C/c1c(OC(=O)c2ccc(OCC)cc2)ccc2ccccc12. The van der Waals surface area contributed by atoms with E-state index in [0.29, 0.717) is 35.7 Å². The molecule has 0 atom stereocenters. The van der Waals surface area contributed by atoms with E-state index < -0.39 is 5.97 Å². The Bertz CT molecular complexity index is 1190. The van der Waals surface area contributed by atoms with E-state index >= 15 is 0 Å². The number of ether oxygens (including phenoxy) is 2. The highest BCUT2D eigenvalue weighted by atomic mass is 16.5. The van der Waals surface area contributed by atoms with Gasteiger partial charge >= 0.3 is 5.97 Å².